The van der Waals surface area contributed by atoms with Crippen LogP contribution in [0.15, 0.2) is 30.3 Å². The van der Waals surface area contributed by atoms with Gasteiger partial charge in [0.1, 0.15) is 11.5 Å². The maximum absolute atomic E-state index is 12.7. The molecule has 0 aliphatic heterocycles. The standard InChI is InChI=1S/C13H13F4N3/c1-2-20-12(13(15,16)17)7-11(19-20)8-18-10-5-3-9(14)4-6-10/h3-7,18H,2,8H2,1H3. The third-order valence-electron chi connectivity index (χ3n) is 2.74. The fraction of sp³-hybridized carbons (Fsp3) is 0.308. The van der Waals surface area contributed by atoms with E-state index in [9.17, 15) is 17.6 Å². The molecule has 0 unspecified atom stereocenters. The monoisotopic (exact) mass is 287 g/mol. The van der Waals surface area contributed by atoms with Gasteiger partial charge in [0, 0.05) is 12.2 Å². The zero-order chi connectivity index (χ0) is 14.8. The maximum atomic E-state index is 12.7. The second-order valence-corrected chi connectivity index (χ2v) is 4.19. The molecule has 1 N–H and O–H groups in total. The number of rotatable bonds is 4. The lowest BCUT2D eigenvalue weighted by molar-refractivity contribution is -0.144. The fourth-order valence-corrected chi connectivity index (χ4v) is 1.79. The van der Waals surface area contributed by atoms with Gasteiger partial charge in [0.2, 0.25) is 0 Å². The summed E-state index contributed by atoms with van der Waals surface area (Å²) in [6, 6.07) is 6.58. The van der Waals surface area contributed by atoms with Crippen LogP contribution in [0.5, 0.6) is 0 Å². The SMILES string of the molecule is CCn1nc(CNc2ccc(F)cc2)cc1C(F)(F)F. The van der Waals surface area contributed by atoms with Crippen molar-refractivity contribution in [2.45, 2.75) is 26.2 Å². The number of aromatic nitrogens is 2. The van der Waals surface area contributed by atoms with Gasteiger partial charge in [-0.3, -0.25) is 4.68 Å². The highest BCUT2D eigenvalue weighted by Gasteiger charge is 2.35. The molecule has 0 radical (unpaired) electrons. The van der Waals surface area contributed by atoms with Crippen LogP contribution in [-0.4, -0.2) is 9.78 Å². The van der Waals surface area contributed by atoms with Gasteiger partial charge in [0.05, 0.1) is 12.2 Å². The summed E-state index contributed by atoms with van der Waals surface area (Å²) in [6.07, 6.45) is -4.42. The Hall–Kier alpha value is -2.05. The number of aryl methyl sites for hydroxylation is 1. The summed E-state index contributed by atoms with van der Waals surface area (Å²) >= 11 is 0. The Balaban J connectivity index is 2.10. The summed E-state index contributed by atoms with van der Waals surface area (Å²) < 4.78 is 51.8. The molecule has 0 aliphatic rings. The van der Waals surface area contributed by atoms with Gasteiger partial charge in [-0.15, -0.1) is 0 Å². The Morgan fingerprint density at radius 2 is 1.85 bits per heavy atom. The second kappa shape index (κ2) is 5.52. The minimum absolute atomic E-state index is 0.141. The van der Waals surface area contributed by atoms with Crippen LogP contribution >= 0.6 is 0 Å². The van der Waals surface area contributed by atoms with E-state index < -0.39 is 11.9 Å². The van der Waals surface area contributed by atoms with Crippen LogP contribution in [0.25, 0.3) is 0 Å². The van der Waals surface area contributed by atoms with Gasteiger partial charge in [0.15, 0.2) is 0 Å². The summed E-state index contributed by atoms with van der Waals surface area (Å²) in [6.45, 7) is 1.88. The van der Waals surface area contributed by atoms with E-state index >= 15 is 0 Å². The third kappa shape index (κ3) is 3.28. The highest BCUT2D eigenvalue weighted by molar-refractivity contribution is 5.43. The van der Waals surface area contributed by atoms with Crippen molar-refractivity contribution in [3.8, 4) is 0 Å². The van der Waals surface area contributed by atoms with E-state index in [1.54, 1.807) is 6.92 Å². The Labute approximate surface area is 113 Å². The van der Waals surface area contributed by atoms with Crippen LogP contribution in [0, 0.1) is 5.82 Å². The van der Waals surface area contributed by atoms with E-state index in [1.165, 1.54) is 24.3 Å². The number of halogens is 4. The molecule has 0 amide bonds. The molecule has 1 aromatic carbocycles. The maximum Gasteiger partial charge on any atom is 0.433 e. The van der Waals surface area contributed by atoms with Crippen LogP contribution < -0.4 is 5.32 Å². The zero-order valence-corrected chi connectivity index (χ0v) is 10.7. The number of hydrogen-bond acceptors (Lipinski definition) is 2. The summed E-state index contributed by atoms with van der Waals surface area (Å²) in [7, 11) is 0. The summed E-state index contributed by atoms with van der Waals surface area (Å²) in [5.74, 6) is -0.370. The van der Waals surface area contributed by atoms with Gasteiger partial charge in [-0.2, -0.15) is 18.3 Å². The van der Waals surface area contributed by atoms with Crippen molar-refractivity contribution in [3.05, 3.63) is 47.5 Å². The smallest absolute Gasteiger partial charge is 0.379 e. The number of hydrogen-bond donors (Lipinski definition) is 1. The first-order valence-corrected chi connectivity index (χ1v) is 6.03. The molecule has 0 bridgehead atoms. The van der Waals surface area contributed by atoms with Crippen molar-refractivity contribution < 1.29 is 17.6 Å². The van der Waals surface area contributed by atoms with E-state index in [-0.39, 0.29) is 24.6 Å². The van der Waals surface area contributed by atoms with Crippen molar-refractivity contribution in [3.63, 3.8) is 0 Å². The Morgan fingerprint density at radius 1 is 1.20 bits per heavy atom. The molecule has 108 valence electrons. The fourth-order valence-electron chi connectivity index (χ4n) is 1.79. The summed E-state index contributed by atoms with van der Waals surface area (Å²) in [4.78, 5) is 0. The van der Waals surface area contributed by atoms with Gasteiger partial charge in [-0.1, -0.05) is 0 Å². The lowest BCUT2D eigenvalue weighted by Crippen LogP contribution is -2.13. The van der Waals surface area contributed by atoms with Crippen molar-refractivity contribution >= 4 is 5.69 Å². The van der Waals surface area contributed by atoms with E-state index in [1.807, 2.05) is 0 Å². The predicted octanol–water partition coefficient (Wildman–Crippen LogP) is 3.67. The first-order valence-electron chi connectivity index (χ1n) is 6.03. The van der Waals surface area contributed by atoms with Crippen LogP contribution in [0.1, 0.15) is 18.3 Å². The molecule has 2 aromatic rings. The Morgan fingerprint density at radius 3 is 2.35 bits per heavy atom. The van der Waals surface area contributed by atoms with Crippen molar-refractivity contribution in [2.24, 2.45) is 0 Å². The summed E-state index contributed by atoms with van der Waals surface area (Å²) in [5, 5.41) is 6.78. The Bertz CT molecular complexity index is 572. The average molecular weight is 287 g/mol. The first-order chi connectivity index (χ1) is 9.40. The quantitative estimate of drug-likeness (QED) is 0.869. The normalized spacial score (nSPS) is 11.7. The Kier molecular flexibility index (Phi) is 3.96. The molecule has 2 rings (SSSR count). The number of benzene rings is 1. The average Bonchev–Trinajstić information content (AvgIpc) is 2.81. The van der Waals surface area contributed by atoms with Crippen LogP contribution in [0.4, 0.5) is 23.2 Å². The van der Waals surface area contributed by atoms with Gasteiger partial charge >= 0.3 is 6.18 Å². The summed E-state index contributed by atoms with van der Waals surface area (Å²) in [5.41, 5.74) is 0.130. The van der Waals surface area contributed by atoms with Crippen molar-refractivity contribution in [2.75, 3.05) is 5.32 Å². The van der Waals surface area contributed by atoms with Crippen molar-refractivity contribution in [1.82, 2.24) is 9.78 Å². The number of nitrogens with zero attached hydrogens (tertiary/aromatic N) is 2. The highest BCUT2D eigenvalue weighted by atomic mass is 19.4. The molecule has 0 fully saturated rings. The van der Waals surface area contributed by atoms with Gasteiger partial charge < -0.3 is 5.32 Å². The molecule has 0 atom stereocenters. The highest BCUT2D eigenvalue weighted by Crippen LogP contribution is 2.29. The van der Waals surface area contributed by atoms with Gasteiger partial charge in [-0.05, 0) is 37.3 Å². The van der Waals surface area contributed by atoms with E-state index in [0.29, 0.717) is 5.69 Å². The molecule has 7 heteroatoms. The van der Waals surface area contributed by atoms with Crippen LogP contribution in [0.3, 0.4) is 0 Å². The zero-order valence-electron chi connectivity index (χ0n) is 10.7. The molecule has 1 heterocycles. The van der Waals surface area contributed by atoms with E-state index in [0.717, 1.165) is 10.7 Å². The molecule has 0 saturated carbocycles. The van der Waals surface area contributed by atoms with Gasteiger partial charge in [0.25, 0.3) is 0 Å². The molecule has 0 aliphatic carbocycles. The lowest BCUT2D eigenvalue weighted by atomic mass is 10.3. The van der Waals surface area contributed by atoms with Crippen LogP contribution in [-0.2, 0) is 19.3 Å². The molecule has 0 spiro atoms. The lowest BCUT2D eigenvalue weighted by Gasteiger charge is -2.07. The minimum atomic E-state index is -4.42. The van der Waals surface area contributed by atoms with E-state index in [4.69, 9.17) is 0 Å². The van der Waals surface area contributed by atoms with E-state index in [2.05, 4.69) is 10.4 Å². The van der Waals surface area contributed by atoms with Crippen LogP contribution in [0.2, 0.25) is 0 Å². The molecular weight excluding hydrogens is 274 g/mol. The second-order valence-electron chi connectivity index (χ2n) is 4.19. The van der Waals surface area contributed by atoms with Crippen molar-refractivity contribution in [1.29, 1.82) is 0 Å². The molecule has 1 aromatic heterocycles. The first kappa shape index (κ1) is 14.4. The minimum Gasteiger partial charge on any atom is -0.379 e. The molecule has 3 nitrogen and oxygen atoms in total. The number of anilines is 1. The largest absolute Gasteiger partial charge is 0.433 e. The molecule has 20 heavy (non-hydrogen) atoms. The number of alkyl halides is 3. The molecular formula is C13H13F4N3. The van der Waals surface area contributed by atoms with Gasteiger partial charge in [-0.25, -0.2) is 4.39 Å². The number of nitrogens with one attached hydrogen (secondary N) is 1. The predicted molar refractivity (Wildman–Crippen MR) is 66.6 cm³/mol. The topological polar surface area (TPSA) is 29.9 Å². The third-order valence-corrected chi connectivity index (χ3v) is 2.74. The molecule has 0 saturated heterocycles.